The third-order valence-corrected chi connectivity index (χ3v) is 3.11. The first-order valence-electron chi connectivity index (χ1n) is 6.06. The van der Waals surface area contributed by atoms with Crippen molar-refractivity contribution in [3.8, 4) is 0 Å². The molecule has 15 heavy (non-hydrogen) atoms. The van der Waals surface area contributed by atoms with Crippen LogP contribution < -0.4 is 0 Å². The van der Waals surface area contributed by atoms with Crippen LogP contribution in [0.5, 0.6) is 0 Å². The van der Waals surface area contributed by atoms with Crippen LogP contribution in [0.25, 0.3) is 0 Å². The molecule has 1 nitrogen and oxygen atoms in total. The van der Waals surface area contributed by atoms with E-state index in [0.29, 0.717) is 0 Å². The summed E-state index contributed by atoms with van der Waals surface area (Å²) in [6.45, 7) is 6.97. The molecule has 1 heterocycles. The van der Waals surface area contributed by atoms with Crippen molar-refractivity contribution >= 4 is 0 Å². The van der Waals surface area contributed by atoms with E-state index < -0.39 is 0 Å². The van der Waals surface area contributed by atoms with E-state index in [1.165, 1.54) is 43.5 Å². The van der Waals surface area contributed by atoms with Gasteiger partial charge < -0.3 is 0 Å². The minimum absolute atomic E-state index is 1.13. The fraction of sp³-hybridized carbons (Fsp3) is 0.500. The molecule has 0 amide bonds. The Morgan fingerprint density at radius 1 is 1.07 bits per heavy atom. The quantitative estimate of drug-likeness (QED) is 0.727. The van der Waals surface area contributed by atoms with Crippen LogP contribution in [0.4, 0.5) is 0 Å². The van der Waals surface area contributed by atoms with Gasteiger partial charge in [-0.2, -0.15) is 0 Å². The van der Waals surface area contributed by atoms with E-state index in [-0.39, 0.29) is 0 Å². The molecule has 1 aliphatic heterocycles. The minimum atomic E-state index is 1.13. The number of benzene rings is 1. The molecule has 0 N–H and O–H groups in total. The van der Waals surface area contributed by atoms with Gasteiger partial charge in [-0.1, -0.05) is 37.6 Å². The summed E-state index contributed by atoms with van der Waals surface area (Å²) in [6.07, 6.45) is 5.23. The summed E-state index contributed by atoms with van der Waals surface area (Å²) in [4.78, 5) is 2.45. The van der Waals surface area contributed by atoms with E-state index in [1.54, 1.807) is 0 Å². The van der Waals surface area contributed by atoms with Crippen LogP contribution >= 0.6 is 0 Å². The van der Waals surface area contributed by atoms with Gasteiger partial charge in [0.1, 0.15) is 0 Å². The minimum Gasteiger partial charge on any atom is -0.294 e. The number of rotatable bonds is 3. The van der Waals surface area contributed by atoms with Gasteiger partial charge in [0.25, 0.3) is 0 Å². The number of aryl methyl sites for hydroxylation is 1. The Morgan fingerprint density at radius 2 is 1.73 bits per heavy atom. The molecule has 1 aliphatic rings. The van der Waals surface area contributed by atoms with Gasteiger partial charge in [0, 0.05) is 0 Å². The van der Waals surface area contributed by atoms with Gasteiger partial charge in [-0.05, 0) is 43.5 Å². The number of likely N-dealkylation sites (tertiary alicyclic amines) is 1. The molecule has 1 fully saturated rings. The summed E-state index contributed by atoms with van der Waals surface area (Å²) >= 11 is 0. The lowest BCUT2D eigenvalue weighted by atomic mass is 10.1. The molecular formula is C14H20N. The Labute approximate surface area is 93.1 Å². The normalized spacial score (nSPS) is 17.9. The van der Waals surface area contributed by atoms with Crippen LogP contribution in [0, 0.1) is 6.54 Å². The Balaban J connectivity index is 1.91. The van der Waals surface area contributed by atoms with Crippen molar-refractivity contribution in [2.75, 3.05) is 13.1 Å². The van der Waals surface area contributed by atoms with Crippen LogP contribution in [-0.4, -0.2) is 18.0 Å². The zero-order chi connectivity index (χ0) is 10.5. The average Bonchev–Trinajstić information content (AvgIpc) is 2.31. The Kier molecular flexibility index (Phi) is 3.79. The van der Waals surface area contributed by atoms with Crippen molar-refractivity contribution < 1.29 is 0 Å². The van der Waals surface area contributed by atoms with Gasteiger partial charge in [0.2, 0.25) is 0 Å². The molecule has 2 rings (SSSR count). The number of hydrogen-bond acceptors (Lipinski definition) is 1. The summed E-state index contributed by atoms with van der Waals surface area (Å²) in [7, 11) is 0. The van der Waals surface area contributed by atoms with E-state index in [1.807, 2.05) is 0 Å². The molecule has 1 aromatic rings. The number of piperidine rings is 1. The fourth-order valence-corrected chi connectivity index (χ4v) is 2.10. The van der Waals surface area contributed by atoms with Crippen LogP contribution in [0.2, 0.25) is 0 Å². The second-order valence-corrected chi connectivity index (χ2v) is 4.32. The van der Waals surface area contributed by atoms with E-state index >= 15 is 0 Å². The maximum absolute atomic E-state index is 2.45. The van der Waals surface area contributed by atoms with E-state index in [9.17, 15) is 0 Å². The zero-order valence-corrected chi connectivity index (χ0v) is 9.58. The van der Waals surface area contributed by atoms with Crippen molar-refractivity contribution in [3.63, 3.8) is 0 Å². The van der Waals surface area contributed by atoms with Gasteiger partial charge in [0.15, 0.2) is 0 Å². The molecule has 0 atom stereocenters. The summed E-state index contributed by atoms with van der Waals surface area (Å²) in [5.41, 5.74) is 2.76. The number of hydrogen-bond donors (Lipinski definition) is 0. The first-order valence-corrected chi connectivity index (χ1v) is 6.06. The van der Waals surface area contributed by atoms with E-state index in [4.69, 9.17) is 0 Å². The summed E-state index contributed by atoms with van der Waals surface area (Å²) in [5, 5.41) is 0. The first kappa shape index (κ1) is 10.7. The molecule has 0 aliphatic carbocycles. The lowest BCUT2D eigenvalue weighted by molar-refractivity contribution is 0.285. The molecule has 0 aromatic heterocycles. The largest absolute Gasteiger partial charge is 0.294 e. The maximum atomic E-state index is 2.45. The lowest BCUT2D eigenvalue weighted by Crippen LogP contribution is -2.27. The van der Waals surface area contributed by atoms with Crippen molar-refractivity contribution in [2.45, 2.75) is 32.6 Å². The Morgan fingerprint density at radius 3 is 2.33 bits per heavy atom. The fourth-order valence-electron chi connectivity index (χ4n) is 2.10. The second kappa shape index (κ2) is 5.32. The monoisotopic (exact) mass is 202 g/mol. The van der Waals surface area contributed by atoms with E-state index in [2.05, 4.69) is 42.6 Å². The Hall–Kier alpha value is -0.820. The van der Waals surface area contributed by atoms with Crippen molar-refractivity contribution in [3.05, 3.63) is 41.9 Å². The predicted molar refractivity (Wildman–Crippen MR) is 64.6 cm³/mol. The highest BCUT2D eigenvalue weighted by molar-refractivity contribution is 5.27. The third-order valence-electron chi connectivity index (χ3n) is 3.11. The van der Waals surface area contributed by atoms with Crippen LogP contribution in [0.15, 0.2) is 24.3 Å². The maximum Gasteiger partial charge on any atom is 0.0545 e. The van der Waals surface area contributed by atoms with Crippen LogP contribution in [-0.2, 0) is 6.42 Å². The van der Waals surface area contributed by atoms with Crippen LogP contribution in [0.3, 0.4) is 0 Å². The van der Waals surface area contributed by atoms with E-state index in [0.717, 1.165) is 6.42 Å². The van der Waals surface area contributed by atoms with Crippen molar-refractivity contribution in [1.29, 1.82) is 0 Å². The topological polar surface area (TPSA) is 3.24 Å². The average molecular weight is 202 g/mol. The molecule has 0 unspecified atom stereocenters. The summed E-state index contributed by atoms with van der Waals surface area (Å²) in [5.74, 6) is 0. The highest BCUT2D eigenvalue weighted by atomic mass is 15.1. The lowest BCUT2D eigenvalue weighted by Gasteiger charge is -2.25. The molecule has 1 heteroatoms. The molecular weight excluding hydrogens is 182 g/mol. The van der Waals surface area contributed by atoms with Gasteiger partial charge in [0.05, 0.1) is 6.54 Å². The summed E-state index contributed by atoms with van der Waals surface area (Å²) < 4.78 is 0. The molecule has 1 radical (unpaired) electrons. The molecule has 1 aromatic carbocycles. The Bertz CT molecular complexity index is 283. The zero-order valence-electron chi connectivity index (χ0n) is 9.58. The summed E-state index contributed by atoms with van der Waals surface area (Å²) in [6, 6.07) is 8.92. The number of nitrogens with zero attached hydrogens (tertiary/aromatic N) is 1. The highest BCUT2D eigenvalue weighted by Gasteiger charge is 2.10. The molecule has 1 saturated heterocycles. The first-order chi connectivity index (χ1) is 7.38. The third kappa shape index (κ3) is 3.07. The van der Waals surface area contributed by atoms with Gasteiger partial charge >= 0.3 is 0 Å². The van der Waals surface area contributed by atoms with Crippen molar-refractivity contribution in [1.82, 2.24) is 4.90 Å². The van der Waals surface area contributed by atoms with Gasteiger partial charge in [-0.15, -0.1) is 0 Å². The van der Waals surface area contributed by atoms with Gasteiger partial charge in [-0.25, -0.2) is 0 Å². The van der Waals surface area contributed by atoms with Crippen molar-refractivity contribution in [2.24, 2.45) is 0 Å². The molecule has 0 spiro atoms. The standard InChI is InChI=1S/C14H20N/c1-2-13-6-8-14(9-7-13)12-15-10-4-3-5-11-15/h6-9,12H,2-5,10-11H2,1H3. The smallest absolute Gasteiger partial charge is 0.0545 e. The highest BCUT2D eigenvalue weighted by Crippen LogP contribution is 2.15. The predicted octanol–water partition coefficient (Wildman–Crippen LogP) is 3.24. The van der Waals surface area contributed by atoms with Crippen LogP contribution in [0.1, 0.15) is 37.3 Å². The molecule has 0 bridgehead atoms. The SMILES string of the molecule is CCc1ccc([CH]N2CCCCC2)cc1. The molecule has 0 saturated carbocycles. The van der Waals surface area contributed by atoms with Gasteiger partial charge in [-0.3, -0.25) is 4.90 Å². The molecule has 81 valence electrons. The second-order valence-electron chi connectivity index (χ2n) is 4.32.